The number of rotatable bonds is 10. The molecule has 3 aromatic carbocycles. The molecule has 1 fully saturated rings. The second-order valence-electron chi connectivity index (χ2n) is 10.1. The molecule has 1 aliphatic rings. The van der Waals surface area contributed by atoms with Gasteiger partial charge >= 0.3 is 0 Å². The van der Waals surface area contributed by atoms with E-state index in [0.717, 1.165) is 74.8 Å². The number of fused-ring (bicyclic) bond motifs is 1. The lowest BCUT2D eigenvalue weighted by molar-refractivity contribution is 0.0378. The van der Waals surface area contributed by atoms with Crippen molar-refractivity contribution in [2.45, 2.75) is 13.0 Å². The molecule has 0 spiro atoms. The number of aromatic amines is 1. The molecular weight excluding hydrogens is 500 g/mol. The smallest absolute Gasteiger partial charge is 0.256 e. The number of nitrogens with one attached hydrogen (secondary N) is 3. The Kier molecular flexibility index (Phi) is 7.88. The lowest BCUT2D eigenvalue weighted by Gasteiger charge is -2.26. The van der Waals surface area contributed by atoms with E-state index in [4.69, 9.17) is 4.74 Å². The van der Waals surface area contributed by atoms with Crippen molar-refractivity contribution in [2.75, 3.05) is 50.0 Å². The average Bonchev–Trinajstić information content (AvgIpc) is 3.63. The van der Waals surface area contributed by atoms with Crippen LogP contribution in [0.5, 0.6) is 0 Å². The van der Waals surface area contributed by atoms with E-state index in [1.165, 1.54) is 10.9 Å². The highest BCUT2D eigenvalue weighted by Gasteiger charge is 2.12. The minimum atomic E-state index is -0.179. The maximum Gasteiger partial charge on any atom is 0.256 e. The van der Waals surface area contributed by atoms with E-state index in [0.29, 0.717) is 11.4 Å². The van der Waals surface area contributed by atoms with E-state index in [1.807, 2.05) is 36.4 Å². The van der Waals surface area contributed by atoms with Crippen LogP contribution in [0.15, 0.2) is 91.1 Å². The molecule has 8 nitrogen and oxygen atoms in total. The van der Waals surface area contributed by atoms with Crippen LogP contribution < -0.4 is 10.6 Å². The van der Waals surface area contributed by atoms with Gasteiger partial charge in [-0.05, 0) is 60.3 Å². The Balaban J connectivity index is 1.05. The predicted molar refractivity (Wildman–Crippen MR) is 160 cm³/mol. The summed E-state index contributed by atoms with van der Waals surface area (Å²) >= 11 is 0. The monoisotopic (exact) mass is 534 g/mol. The van der Waals surface area contributed by atoms with Gasteiger partial charge in [0.25, 0.3) is 5.91 Å². The molecule has 3 heterocycles. The quantitative estimate of drug-likeness (QED) is 0.207. The Morgan fingerprint density at radius 1 is 0.950 bits per heavy atom. The summed E-state index contributed by atoms with van der Waals surface area (Å²) in [5.74, 6) is 0.381. The van der Waals surface area contributed by atoms with Gasteiger partial charge in [-0.3, -0.25) is 14.8 Å². The fraction of sp³-hybridized carbons (Fsp3) is 0.250. The van der Waals surface area contributed by atoms with E-state index >= 15 is 0 Å². The summed E-state index contributed by atoms with van der Waals surface area (Å²) in [5.41, 5.74) is 5.76. The number of amides is 1. The molecule has 6 rings (SSSR count). The maximum absolute atomic E-state index is 12.9. The number of anilines is 2. The van der Waals surface area contributed by atoms with Crippen molar-refractivity contribution < 1.29 is 9.53 Å². The first kappa shape index (κ1) is 25.9. The van der Waals surface area contributed by atoms with Crippen LogP contribution in [0, 0.1) is 0 Å². The Morgan fingerprint density at radius 3 is 2.60 bits per heavy atom. The first-order chi connectivity index (χ1) is 19.7. The maximum atomic E-state index is 12.9. The van der Waals surface area contributed by atoms with Gasteiger partial charge in [0.15, 0.2) is 0 Å². The standard InChI is InChI=1S/C32H34N6O2/c39-32(26-9-11-28(12-10-26)33-14-4-15-37-17-19-40-20-18-37)34-31-22-29(35-36-31)27-8-7-25-13-16-38(30(25)21-27)23-24-5-2-1-3-6-24/h1-3,5-13,16,21-22,33H,4,14-15,17-20,23H2,(H2,34,35,36,39). The van der Waals surface area contributed by atoms with E-state index in [-0.39, 0.29) is 5.91 Å². The SMILES string of the molecule is O=C(Nc1cc(-c2ccc3ccn(Cc4ccccc4)c3c2)n[nH]1)c1ccc(NCCCN2CCOCC2)cc1. The van der Waals surface area contributed by atoms with Gasteiger partial charge in [0.1, 0.15) is 5.82 Å². The highest BCUT2D eigenvalue weighted by Crippen LogP contribution is 2.26. The predicted octanol–water partition coefficient (Wildman–Crippen LogP) is 5.47. The van der Waals surface area contributed by atoms with Gasteiger partial charge in [-0.1, -0.05) is 42.5 Å². The fourth-order valence-electron chi connectivity index (χ4n) is 5.09. The molecule has 1 amide bonds. The summed E-state index contributed by atoms with van der Waals surface area (Å²) < 4.78 is 7.64. The van der Waals surface area contributed by atoms with E-state index in [9.17, 15) is 4.79 Å². The van der Waals surface area contributed by atoms with Crippen molar-refractivity contribution in [3.05, 3.63) is 102 Å². The largest absolute Gasteiger partial charge is 0.385 e. The Hall–Kier alpha value is -4.40. The molecule has 5 aromatic rings. The summed E-state index contributed by atoms with van der Waals surface area (Å²) in [6.07, 6.45) is 3.18. The van der Waals surface area contributed by atoms with Gasteiger partial charge < -0.3 is 19.9 Å². The number of H-pyrrole nitrogens is 1. The number of morpholine rings is 1. The third-order valence-electron chi connectivity index (χ3n) is 7.32. The van der Waals surface area contributed by atoms with Crippen LogP contribution in [0.25, 0.3) is 22.2 Å². The molecule has 1 aliphatic heterocycles. The first-order valence-corrected chi connectivity index (χ1v) is 13.9. The van der Waals surface area contributed by atoms with Crippen LogP contribution in [-0.4, -0.2) is 65.0 Å². The number of aromatic nitrogens is 3. The Labute approximate surface area is 234 Å². The third-order valence-corrected chi connectivity index (χ3v) is 7.32. The van der Waals surface area contributed by atoms with Crippen LogP contribution in [-0.2, 0) is 11.3 Å². The zero-order valence-corrected chi connectivity index (χ0v) is 22.5. The molecule has 40 heavy (non-hydrogen) atoms. The van der Waals surface area contributed by atoms with Gasteiger partial charge in [0.2, 0.25) is 0 Å². The molecule has 0 unspecified atom stereocenters. The first-order valence-electron chi connectivity index (χ1n) is 13.9. The van der Waals surface area contributed by atoms with Crippen molar-refractivity contribution in [1.29, 1.82) is 0 Å². The number of ether oxygens (including phenoxy) is 1. The van der Waals surface area contributed by atoms with Crippen molar-refractivity contribution >= 4 is 28.3 Å². The lowest BCUT2D eigenvalue weighted by Crippen LogP contribution is -2.37. The molecule has 0 atom stereocenters. The molecule has 0 bridgehead atoms. The van der Waals surface area contributed by atoms with Crippen LogP contribution >= 0.6 is 0 Å². The molecule has 0 aliphatic carbocycles. The summed E-state index contributed by atoms with van der Waals surface area (Å²) in [7, 11) is 0. The molecule has 2 aromatic heterocycles. The molecule has 0 saturated carbocycles. The molecule has 8 heteroatoms. The normalized spacial score (nSPS) is 13.9. The van der Waals surface area contributed by atoms with E-state index in [1.54, 1.807) is 0 Å². The second kappa shape index (κ2) is 12.2. The summed E-state index contributed by atoms with van der Waals surface area (Å²) in [4.78, 5) is 15.3. The molecular formula is C32H34N6O2. The molecule has 3 N–H and O–H groups in total. The third kappa shape index (κ3) is 6.25. The number of benzene rings is 3. The van der Waals surface area contributed by atoms with Gasteiger partial charge in [-0.15, -0.1) is 0 Å². The molecule has 1 saturated heterocycles. The molecule has 0 radical (unpaired) electrons. The fourth-order valence-corrected chi connectivity index (χ4v) is 5.09. The summed E-state index contributed by atoms with van der Waals surface area (Å²) in [5, 5.41) is 15.0. The highest BCUT2D eigenvalue weighted by molar-refractivity contribution is 6.04. The van der Waals surface area contributed by atoms with Crippen molar-refractivity contribution in [3.8, 4) is 11.3 Å². The summed E-state index contributed by atoms with van der Waals surface area (Å²) in [6.45, 7) is 6.45. The van der Waals surface area contributed by atoms with Crippen molar-refractivity contribution in [2.24, 2.45) is 0 Å². The second-order valence-corrected chi connectivity index (χ2v) is 10.1. The van der Waals surface area contributed by atoms with Gasteiger partial charge in [0, 0.05) is 60.8 Å². The van der Waals surface area contributed by atoms with Gasteiger partial charge in [-0.2, -0.15) is 5.10 Å². The molecule has 204 valence electrons. The minimum Gasteiger partial charge on any atom is -0.385 e. The topological polar surface area (TPSA) is 87.2 Å². The van der Waals surface area contributed by atoms with Crippen molar-refractivity contribution in [3.63, 3.8) is 0 Å². The van der Waals surface area contributed by atoms with Crippen LogP contribution in [0.4, 0.5) is 11.5 Å². The Bertz CT molecular complexity index is 1550. The van der Waals surface area contributed by atoms with Crippen LogP contribution in [0.2, 0.25) is 0 Å². The van der Waals surface area contributed by atoms with Crippen molar-refractivity contribution in [1.82, 2.24) is 19.7 Å². The van der Waals surface area contributed by atoms with Gasteiger partial charge in [-0.25, -0.2) is 0 Å². The number of carbonyl (C=O) groups excluding carboxylic acids is 1. The van der Waals surface area contributed by atoms with Gasteiger partial charge in [0.05, 0.1) is 18.9 Å². The van der Waals surface area contributed by atoms with Crippen LogP contribution in [0.3, 0.4) is 0 Å². The Morgan fingerprint density at radius 2 is 1.77 bits per heavy atom. The van der Waals surface area contributed by atoms with Crippen LogP contribution in [0.1, 0.15) is 22.3 Å². The lowest BCUT2D eigenvalue weighted by atomic mass is 10.1. The summed E-state index contributed by atoms with van der Waals surface area (Å²) in [6, 6.07) is 28.3. The zero-order chi connectivity index (χ0) is 27.1. The number of hydrogen-bond donors (Lipinski definition) is 3. The van der Waals surface area contributed by atoms with E-state index in [2.05, 4.69) is 85.0 Å². The highest BCUT2D eigenvalue weighted by atomic mass is 16.5. The number of hydrogen-bond acceptors (Lipinski definition) is 5. The zero-order valence-electron chi connectivity index (χ0n) is 22.5. The number of carbonyl (C=O) groups is 1. The average molecular weight is 535 g/mol. The van der Waals surface area contributed by atoms with E-state index < -0.39 is 0 Å². The minimum absolute atomic E-state index is 0.179. The number of nitrogens with zero attached hydrogens (tertiary/aromatic N) is 3.